The minimum atomic E-state index is -0.554. The first kappa shape index (κ1) is 15.2. The summed E-state index contributed by atoms with van der Waals surface area (Å²) in [5, 5.41) is 2.67. The maximum atomic E-state index is 13.0. The summed E-state index contributed by atoms with van der Waals surface area (Å²) in [6.07, 6.45) is 0.154. The van der Waals surface area contributed by atoms with Gasteiger partial charge in [0, 0.05) is 12.5 Å². The second kappa shape index (κ2) is 6.36. The molecule has 0 aliphatic rings. The van der Waals surface area contributed by atoms with E-state index >= 15 is 0 Å². The molecular weight excluding hydrogens is 278 g/mol. The molecule has 1 atom stereocenters. The standard InChI is InChI=1S/C12H15Cl2FN2O/c1-6(2)10(16)5-11(18)17-12-8(13)3-7(15)4-9(12)14/h3-4,6,10H,5,16H2,1-2H3,(H,17,18). The van der Waals surface area contributed by atoms with Crippen LogP contribution >= 0.6 is 23.2 Å². The molecule has 0 bridgehead atoms. The Balaban J connectivity index is 2.77. The highest BCUT2D eigenvalue weighted by atomic mass is 35.5. The van der Waals surface area contributed by atoms with Crippen LogP contribution in [-0.2, 0) is 4.79 Å². The summed E-state index contributed by atoms with van der Waals surface area (Å²) >= 11 is 11.6. The number of hydrogen-bond donors (Lipinski definition) is 2. The molecule has 3 nitrogen and oxygen atoms in total. The average Bonchev–Trinajstić information content (AvgIpc) is 2.23. The molecular formula is C12H15Cl2FN2O. The van der Waals surface area contributed by atoms with Crippen molar-refractivity contribution in [3.05, 3.63) is 28.0 Å². The molecule has 0 saturated carbocycles. The summed E-state index contributed by atoms with van der Waals surface area (Å²) < 4.78 is 13.0. The number of carbonyl (C=O) groups excluding carboxylic acids is 1. The summed E-state index contributed by atoms with van der Waals surface area (Å²) in [7, 11) is 0. The number of benzene rings is 1. The van der Waals surface area contributed by atoms with Gasteiger partial charge in [-0.15, -0.1) is 0 Å². The SMILES string of the molecule is CC(C)C(N)CC(=O)Nc1c(Cl)cc(F)cc1Cl. The molecule has 1 rings (SSSR count). The Hall–Kier alpha value is -0.840. The Morgan fingerprint density at radius 3 is 2.33 bits per heavy atom. The maximum Gasteiger partial charge on any atom is 0.226 e. The second-order valence-electron chi connectivity index (χ2n) is 4.40. The number of amides is 1. The molecule has 0 spiro atoms. The third-order valence-electron chi connectivity index (χ3n) is 2.55. The first-order valence-electron chi connectivity index (χ1n) is 5.51. The van der Waals surface area contributed by atoms with Crippen molar-refractivity contribution in [1.82, 2.24) is 0 Å². The summed E-state index contributed by atoms with van der Waals surface area (Å²) in [5.41, 5.74) is 5.99. The van der Waals surface area contributed by atoms with Crippen molar-refractivity contribution in [2.24, 2.45) is 11.7 Å². The van der Waals surface area contributed by atoms with Gasteiger partial charge in [-0.3, -0.25) is 4.79 Å². The van der Waals surface area contributed by atoms with E-state index in [1.54, 1.807) is 0 Å². The lowest BCUT2D eigenvalue weighted by atomic mass is 10.0. The smallest absolute Gasteiger partial charge is 0.226 e. The average molecular weight is 293 g/mol. The van der Waals surface area contributed by atoms with Crippen LogP contribution in [0, 0.1) is 11.7 Å². The van der Waals surface area contributed by atoms with E-state index in [0.29, 0.717) is 0 Å². The van der Waals surface area contributed by atoms with Crippen molar-refractivity contribution >= 4 is 34.8 Å². The van der Waals surface area contributed by atoms with Crippen molar-refractivity contribution in [2.75, 3.05) is 5.32 Å². The number of anilines is 1. The first-order valence-corrected chi connectivity index (χ1v) is 6.26. The third-order valence-corrected chi connectivity index (χ3v) is 3.14. The summed E-state index contributed by atoms with van der Waals surface area (Å²) in [6.45, 7) is 3.85. The van der Waals surface area contributed by atoms with Crippen molar-refractivity contribution in [1.29, 1.82) is 0 Å². The maximum absolute atomic E-state index is 13.0. The van der Waals surface area contributed by atoms with Gasteiger partial charge in [-0.25, -0.2) is 4.39 Å². The Morgan fingerprint density at radius 2 is 1.89 bits per heavy atom. The highest BCUT2D eigenvalue weighted by Crippen LogP contribution is 2.31. The summed E-state index contributed by atoms with van der Waals surface area (Å²) in [5.74, 6) is -0.664. The van der Waals surface area contributed by atoms with E-state index < -0.39 is 5.82 Å². The number of halogens is 3. The molecule has 1 aromatic rings. The van der Waals surface area contributed by atoms with Crippen LogP contribution in [0.15, 0.2) is 12.1 Å². The molecule has 1 aromatic carbocycles. The molecule has 0 aromatic heterocycles. The van der Waals surface area contributed by atoms with Crippen LogP contribution in [0.4, 0.5) is 10.1 Å². The lowest BCUT2D eigenvalue weighted by molar-refractivity contribution is -0.116. The second-order valence-corrected chi connectivity index (χ2v) is 5.22. The van der Waals surface area contributed by atoms with Gasteiger partial charge < -0.3 is 11.1 Å². The number of hydrogen-bond acceptors (Lipinski definition) is 2. The van der Waals surface area contributed by atoms with Gasteiger partial charge in [0.1, 0.15) is 5.82 Å². The lowest BCUT2D eigenvalue weighted by Crippen LogP contribution is -2.31. The largest absolute Gasteiger partial charge is 0.327 e. The van der Waals surface area contributed by atoms with Crippen LogP contribution in [0.1, 0.15) is 20.3 Å². The van der Waals surface area contributed by atoms with Crippen LogP contribution < -0.4 is 11.1 Å². The number of nitrogens with one attached hydrogen (secondary N) is 1. The van der Waals surface area contributed by atoms with Gasteiger partial charge in [0.2, 0.25) is 5.91 Å². The Bertz CT molecular complexity index is 429. The van der Waals surface area contributed by atoms with E-state index in [1.807, 2.05) is 13.8 Å². The quantitative estimate of drug-likeness (QED) is 0.893. The van der Waals surface area contributed by atoms with Gasteiger partial charge in [0.05, 0.1) is 15.7 Å². The van der Waals surface area contributed by atoms with Gasteiger partial charge >= 0.3 is 0 Å². The van der Waals surface area contributed by atoms with Crippen LogP contribution in [-0.4, -0.2) is 11.9 Å². The number of carbonyl (C=O) groups is 1. The zero-order valence-corrected chi connectivity index (χ0v) is 11.6. The van der Waals surface area contributed by atoms with Gasteiger partial charge in [-0.05, 0) is 18.1 Å². The van der Waals surface area contributed by atoms with Crippen LogP contribution in [0.25, 0.3) is 0 Å². The fourth-order valence-electron chi connectivity index (χ4n) is 1.30. The van der Waals surface area contributed by atoms with Crippen LogP contribution in [0.5, 0.6) is 0 Å². The molecule has 0 aliphatic heterocycles. The van der Waals surface area contributed by atoms with Crippen LogP contribution in [0.3, 0.4) is 0 Å². The van der Waals surface area contributed by atoms with Crippen LogP contribution in [0.2, 0.25) is 10.0 Å². The van der Waals surface area contributed by atoms with Crippen molar-refractivity contribution < 1.29 is 9.18 Å². The minimum Gasteiger partial charge on any atom is -0.327 e. The number of rotatable bonds is 4. The Kier molecular flexibility index (Phi) is 5.38. The fraction of sp³-hybridized carbons (Fsp3) is 0.417. The van der Waals surface area contributed by atoms with Gasteiger partial charge in [-0.1, -0.05) is 37.0 Å². The molecule has 0 heterocycles. The lowest BCUT2D eigenvalue weighted by Gasteiger charge is -2.16. The van der Waals surface area contributed by atoms with Gasteiger partial charge in [-0.2, -0.15) is 0 Å². The van der Waals surface area contributed by atoms with Gasteiger partial charge in [0.25, 0.3) is 0 Å². The predicted molar refractivity (Wildman–Crippen MR) is 72.5 cm³/mol. The molecule has 0 fully saturated rings. The van der Waals surface area contributed by atoms with E-state index in [2.05, 4.69) is 5.32 Å². The van der Waals surface area contributed by atoms with Gasteiger partial charge in [0.15, 0.2) is 0 Å². The molecule has 0 radical (unpaired) electrons. The normalized spacial score (nSPS) is 12.6. The van der Waals surface area contributed by atoms with Crippen molar-refractivity contribution in [3.8, 4) is 0 Å². The van der Waals surface area contributed by atoms with Crippen molar-refractivity contribution in [3.63, 3.8) is 0 Å². The monoisotopic (exact) mass is 292 g/mol. The zero-order chi connectivity index (χ0) is 13.9. The Labute approximate surface area is 115 Å². The van der Waals surface area contributed by atoms with E-state index in [4.69, 9.17) is 28.9 Å². The highest BCUT2D eigenvalue weighted by Gasteiger charge is 2.16. The first-order chi connectivity index (χ1) is 8.31. The third kappa shape index (κ3) is 4.12. The topological polar surface area (TPSA) is 55.1 Å². The molecule has 0 aliphatic carbocycles. The van der Waals surface area contributed by atoms with E-state index in [9.17, 15) is 9.18 Å². The zero-order valence-electron chi connectivity index (χ0n) is 10.1. The molecule has 1 unspecified atom stereocenters. The number of nitrogens with two attached hydrogens (primary N) is 1. The molecule has 3 N–H and O–H groups in total. The van der Waals surface area contributed by atoms with E-state index in [1.165, 1.54) is 0 Å². The Morgan fingerprint density at radius 1 is 1.39 bits per heavy atom. The van der Waals surface area contributed by atoms with E-state index in [0.717, 1.165) is 12.1 Å². The fourth-order valence-corrected chi connectivity index (χ4v) is 1.86. The summed E-state index contributed by atoms with van der Waals surface area (Å²) in [4.78, 5) is 11.7. The predicted octanol–water partition coefficient (Wildman–Crippen LogP) is 3.44. The summed E-state index contributed by atoms with van der Waals surface area (Å²) in [6, 6.07) is 1.93. The minimum absolute atomic E-state index is 0.0615. The molecule has 0 saturated heterocycles. The van der Waals surface area contributed by atoms with E-state index in [-0.39, 0.29) is 40.0 Å². The highest BCUT2D eigenvalue weighted by molar-refractivity contribution is 6.39. The molecule has 100 valence electrons. The molecule has 6 heteroatoms. The molecule has 1 amide bonds. The molecule has 18 heavy (non-hydrogen) atoms. The van der Waals surface area contributed by atoms with Crippen molar-refractivity contribution in [2.45, 2.75) is 26.3 Å².